The molecule has 3 heterocycles. The SMILES string of the molecule is COCc1cc(NC(=O)N2CC[C@@H](C)C[C@@H]2c2ccco2)ncn1. The molecule has 0 bridgehead atoms. The van der Waals surface area contributed by atoms with Crippen LogP contribution in [0.3, 0.4) is 0 Å². The zero-order valence-corrected chi connectivity index (χ0v) is 13.9. The van der Waals surface area contributed by atoms with Crippen molar-refractivity contribution in [2.75, 3.05) is 19.0 Å². The van der Waals surface area contributed by atoms with Crippen LogP contribution in [-0.4, -0.2) is 34.6 Å². The highest BCUT2D eigenvalue weighted by Gasteiger charge is 2.32. The summed E-state index contributed by atoms with van der Waals surface area (Å²) >= 11 is 0. The lowest BCUT2D eigenvalue weighted by Gasteiger charge is -2.37. The lowest BCUT2D eigenvalue weighted by atomic mass is 9.91. The highest BCUT2D eigenvalue weighted by molar-refractivity contribution is 5.88. The second kappa shape index (κ2) is 7.44. The molecule has 7 heteroatoms. The third-order valence-electron chi connectivity index (χ3n) is 4.25. The van der Waals surface area contributed by atoms with Gasteiger partial charge in [-0.05, 0) is 30.9 Å². The number of anilines is 1. The molecule has 2 aromatic heterocycles. The van der Waals surface area contributed by atoms with Crippen molar-refractivity contribution in [2.45, 2.75) is 32.4 Å². The summed E-state index contributed by atoms with van der Waals surface area (Å²) in [7, 11) is 1.60. The van der Waals surface area contributed by atoms with Crippen LogP contribution in [0.4, 0.5) is 10.6 Å². The Morgan fingerprint density at radius 1 is 1.50 bits per heavy atom. The minimum Gasteiger partial charge on any atom is -0.467 e. The second-order valence-corrected chi connectivity index (χ2v) is 6.11. The van der Waals surface area contributed by atoms with E-state index in [-0.39, 0.29) is 12.1 Å². The Hall–Kier alpha value is -2.41. The van der Waals surface area contributed by atoms with E-state index in [1.54, 1.807) is 19.4 Å². The summed E-state index contributed by atoms with van der Waals surface area (Å²) in [5.74, 6) is 1.84. The number of likely N-dealkylation sites (tertiary alicyclic amines) is 1. The maximum absolute atomic E-state index is 12.7. The van der Waals surface area contributed by atoms with Crippen molar-refractivity contribution in [3.05, 3.63) is 42.2 Å². The zero-order chi connectivity index (χ0) is 16.9. The molecule has 0 spiro atoms. The molecule has 0 aliphatic carbocycles. The molecule has 24 heavy (non-hydrogen) atoms. The van der Waals surface area contributed by atoms with Gasteiger partial charge in [-0.25, -0.2) is 14.8 Å². The largest absolute Gasteiger partial charge is 0.467 e. The number of rotatable bonds is 4. The fourth-order valence-corrected chi connectivity index (χ4v) is 3.01. The minimum atomic E-state index is -0.176. The molecule has 2 atom stereocenters. The van der Waals surface area contributed by atoms with Gasteiger partial charge in [-0.15, -0.1) is 0 Å². The number of aromatic nitrogens is 2. The van der Waals surface area contributed by atoms with Crippen LogP contribution in [0.2, 0.25) is 0 Å². The van der Waals surface area contributed by atoms with Gasteiger partial charge in [0.2, 0.25) is 0 Å². The Morgan fingerprint density at radius 2 is 2.38 bits per heavy atom. The molecule has 1 aliphatic heterocycles. The van der Waals surface area contributed by atoms with E-state index in [9.17, 15) is 4.79 Å². The van der Waals surface area contributed by atoms with Gasteiger partial charge in [-0.2, -0.15) is 0 Å². The first-order valence-corrected chi connectivity index (χ1v) is 8.08. The molecule has 3 rings (SSSR count). The number of amides is 2. The average molecular weight is 330 g/mol. The number of hydrogen-bond donors (Lipinski definition) is 1. The molecule has 1 aliphatic rings. The first kappa shape index (κ1) is 16.4. The fourth-order valence-electron chi connectivity index (χ4n) is 3.01. The summed E-state index contributed by atoms with van der Waals surface area (Å²) in [6.07, 6.45) is 4.93. The van der Waals surface area contributed by atoms with E-state index >= 15 is 0 Å². The Bertz CT molecular complexity index is 674. The zero-order valence-electron chi connectivity index (χ0n) is 13.9. The molecule has 2 aromatic rings. The molecule has 0 unspecified atom stereocenters. The summed E-state index contributed by atoms with van der Waals surface area (Å²) in [5, 5.41) is 2.86. The molecule has 1 N–H and O–H groups in total. The number of carbonyl (C=O) groups excluding carboxylic acids is 1. The third-order valence-corrected chi connectivity index (χ3v) is 4.25. The molecule has 2 amide bonds. The molecule has 0 saturated carbocycles. The molecular weight excluding hydrogens is 308 g/mol. The second-order valence-electron chi connectivity index (χ2n) is 6.11. The topological polar surface area (TPSA) is 80.5 Å². The summed E-state index contributed by atoms with van der Waals surface area (Å²) in [4.78, 5) is 22.8. The third kappa shape index (κ3) is 3.73. The molecular formula is C17H22N4O3. The molecule has 1 fully saturated rings. The van der Waals surface area contributed by atoms with Crippen LogP contribution in [0.1, 0.15) is 37.3 Å². The van der Waals surface area contributed by atoms with Crippen LogP contribution in [0.5, 0.6) is 0 Å². The standard InChI is InChI=1S/C17H22N4O3/c1-12-5-6-21(14(8-12)15-4-3-7-24-15)17(22)20-16-9-13(10-23-2)18-11-19-16/h3-4,7,9,11-12,14H,5-6,8,10H2,1-2H3,(H,18,19,20,22)/t12-,14-/m1/s1. The monoisotopic (exact) mass is 330 g/mol. The predicted molar refractivity (Wildman–Crippen MR) is 88.3 cm³/mol. The normalized spacial score (nSPS) is 20.8. The fraction of sp³-hybridized carbons (Fsp3) is 0.471. The number of carbonyl (C=O) groups is 1. The van der Waals surface area contributed by atoms with Gasteiger partial charge in [0.1, 0.15) is 17.9 Å². The Labute approximate surface area is 141 Å². The predicted octanol–water partition coefficient (Wildman–Crippen LogP) is 3.22. The van der Waals surface area contributed by atoms with Crippen molar-refractivity contribution in [3.63, 3.8) is 0 Å². The van der Waals surface area contributed by atoms with Crippen LogP contribution < -0.4 is 5.32 Å². The summed E-state index contributed by atoms with van der Waals surface area (Å²) in [5.41, 5.74) is 0.720. The van der Waals surface area contributed by atoms with Gasteiger partial charge in [-0.3, -0.25) is 5.32 Å². The summed E-state index contributed by atoms with van der Waals surface area (Å²) < 4.78 is 10.6. The number of furan rings is 1. The van der Waals surface area contributed by atoms with Crippen molar-refractivity contribution in [2.24, 2.45) is 5.92 Å². The van der Waals surface area contributed by atoms with E-state index < -0.39 is 0 Å². The van der Waals surface area contributed by atoms with E-state index in [1.807, 2.05) is 17.0 Å². The summed E-state index contributed by atoms with van der Waals surface area (Å²) in [6, 6.07) is 5.27. The van der Waals surface area contributed by atoms with Crippen molar-refractivity contribution in [1.29, 1.82) is 0 Å². The van der Waals surface area contributed by atoms with Crippen molar-refractivity contribution in [1.82, 2.24) is 14.9 Å². The van der Waals surface area contributed by atoms with Crippen LogP contribution >= 0.6 is 0 Å². The molecule has 0 aromatic carbocycles. The Morgan fingerprint density at radius 3 is 3.12 bits per heavy atom. The van der Waals surface area contributed by atoms with E-state index in [2.05, 4.69) is 22.2 Å². The number of methoxy groups -OCH3 is 1. The van der Waals surface area contributed by atoms with Crippen molar-refractivity contribution < 1.29 is 13.9 Å². The maximum Gasteiger partial charge on any atom is 0.323 e. The van der Waals surface area contributed by atoms with E-state index in [1.165, 1.54) is 6.33 Å². The van der Waals surface area contributed by atoms with Gasteiger partial charge in [0.05, 0.1) is 24.6 Å². The lowest BCUT2D eigenvalue weighted by Crippen LogP contribution is -2.43. The van der Waals surface area contributed by atoms with Gasteiger partial charge in [0.25, 0.3) is 0 Å². The minimum absolute atomic E-state index is 0.0518. The van der Waals surface area contributed by atoms with E-state index in [0.717, 1.165) is 24.3 Å². The van der Waals surface area contributed by atoms with Gasteiger partial charge < -0.3 is 14.1 Å². The highest BCUT2D eigenvalue weighted by atomic mass is 16.5. The average Bonchev–Trinajstić information content (AvgIpc) is 3.09. The van der Waals surface area contributed by atoms with Crippen LogP contribution in [0.15, 0.2) is 35.2 Å². The number of piperidine rings is 1. The molecule has 1 saturated heterocycles. The van der Waals surface area contributed by atoms with E-state index in [0.29, 0.717) is 24.9 Å². The number of nitrogens with zero attached hydrogens (tertiary/aromatic N) is 3. The van der Waals surface area contributed by atoms with Gasteiger partial charge in [0.15, 0.2) is 0 Å². The summed E-state index contributed by atoms with van der Waals surface area (Å²) in [6.45, 7) is 3.27. The first-order chi connectivity index (χ1) is 11.7. The smallest absolute Gasteiger partial charge is 0.323 e. The van der Waals surface area contributed by atoms with Crippen LogP contribution in [0, 0.1) is 5.92 Å². The van der Waals surface area contributed by atoms with Gasteiger partial charge >= 0.3 is 6.03 Å². The van der Waals surface area contributed by atoms with Gasteiger partial charge in [-0.1, -0.05) is 6.92 Å². The maximum atomic E-state index is 12.7. The highest BCUT2D eigenvalue weighted by Crippen LogP contribution is 2.34. The van der Waals surface area contributed by atoms with Crippen molar-refractivity contribution in [3.8, 4) is 0 Å². The van der Waals surface area contributed by atoms with Gasteiger partial charge in [0, 0.05) is 19.7 Å². The number of hydrogen-bond acceptors (Lipinski definition) is 5. The Kier molecular flexibility index (Phi) is 5.10. The number of ether oxygens (including phenoxy) is 1. The van der Waals surface area contributed by atoms with E-state index in [4.69, 9.17) is 9.15 Å². The first-order valence-electron chi connectivity index (χ1n) is 8.08. The van der Waals surface area contributed by atoms with Crippen LogP contribution in [0.25, 0.3) is 0 Å². The molecule has 128 valence electrons. The number of urea groups is 1. The lowest BCUT2D eigenvalue weighted by molar-refractivity contribution is 0.129. The quantitative estimate of drug-likeness (QED) is 0.931. The number of nitrogens with one attached hydrogen (secondary N) is 1. The van der Waals surface area contributed by atoms with Crippen LogP contribution in [-0.2, 0) is 11.3 Å². The Balaban J connectivity index is 1.74. The van der Waals surface area contributed by atoms with Crippen molar-refractivity contribution >= 4 is 11.8 Å². The molecule has 7 nitrogen and oxygen atoms in total. The molecule has 0 radical (unpaired) electrons.